The van der Waals surface area contributed by atoms with Gasteiger partial charge in [-0.25, -0.2) is 0 Å². The summed E-state index contributed by atoms with van der Waals surface area (Å²) in [5.74, 6) is 1.18. The Kier molecular flexibility index (Phi) is 4.07. The molecule has 3 N–H and O–H groups in total. The van der Waals surface area contributed by atoms with Gasteiger partial charge in [0.15, 0.2) is 0 Å². The monoisotopic (exact) mass is 250 g/mol. The molecule has 1 aromatic carbocycles. The van der Waals surface area contributed by atoms with Gasteiger partial charge >= 0.3 is 0 Å². The fourth-order valence-corrected chi connectivity index (χ4v) is 2.67. The van der Waals surface area contributed by atoms with E-state index in [1.165, 1.54) is 10.5 Å². The van der Waals surface area contributed by atoms with Crippen LogP contribution in [0.3, 0.4) is 0 Å². The third-order valence-electron chi connectivity index (χ3n) is 3.01. The maximum atomic E-state index is 11.2. The number of hydrogen-bond acceptors (Lipinski definition) is 3. The van der Waals surface area contributed by atoms with Crippen molar-refractivity contribution in [1.29, 1.82) is 0 Å². The molecule has 0 saturated carbocycles. The van der Waals surface area contributed by atoms with Crippen LogP contribution in [-0.2, 0) is 11.2 Å². The average molecular weight is 250 g/mol. The van der Waals surface area contributed by atoms with Crippen molar-refractivity contribution >= 4 is 23.4 Å². The van der Waals surface area contributed by atoms with Gasteiger partial charge in [0.1, 0.15) is 0 Å². The first kappa shape index (κ1) is 12.5. The molecule has 0 saturated heterocycles. The minimum absolute atomic E-state index is 0.0898. The maximum Gasteiger partial charge on any atom is 0.234 e. The summed E-state index contributed by atoms with van der Waals surface area (Å²) < 4.78 is 0. The first-order valence-corrected chi connectivity index (χ1v) is 6.93. The third-order valence-corrected chi connectivity index (χ3v) is 4.06. The summed E-state index contributed by atoms with van der Waals surface area (Å²) in [6.07, 6.45) is 2.17. The van der Waals surface area contributed by atoms with Crippen LogP contribution >= 0.6 is 11.8 Å². The largest absolute Gasteiger partial charge is 0.330 e. The smallest absolute Gasteiger partial charge is 0.234 e. The minimum Gasteiger partial charge on any atom is -0.330 e. The summed E-state index contributed by atoms with van der Waals surface area (Å²) in [6.45, 7) is 2.92. The number of anilines is 1. The molecule has 1 atom stereocenters. The Labute approximate surface area is 106 Å². The fraction of sp³-hybridized carbons (Fsp3) is 0.462. The van der Waals surface area contributed by atoms with Crippen LogP contribution in [0.1, 0.15) is 18.9 Å². The van der Waals surface area contributed by atoms with Gasteiger partial charge in [-0.3, -0.25) is 4.79 Å². The first-order chi connectivity index (χ1) is 8.19. The number of carbonyl (C=O) groups is 1. The zero-order valence-electron chi connectivity index (χ0n) is 10.0. The molecule has 0 radical (unpaired) electrons. The zero-order valence-corrected chi connectivity index (χ0v) is 10.8. The molecule has 0 aliphatic carbocycles. The van der Waals surface area contributed by atoms with Gasteiger partial charge in [-0.05, 0) is 43.0 Å². The van der Waals surface area contributed by atoms with Crippen molar-refractivity contribution in [2.75, 3.05) is 17.6 Å². The Morgan fingerprint density at radius 1 is 1.53 bits per heavy atom. The lowest BCUT2D eigenvalue weighted by Crippen LogP contribution is -2.18. The van der Waals surface area contributed by atoms with E-state index in [1.54, 1.807) is 11.8 Å². The predicted molar refractivity (Wildman–Crippen MR) is 72.3 cm³/mol. The highest BCUT2D eigenvalue weighted by Gasteiger charge is 2.15. The molecule has 4 heteroatoms. The lowest BCUT2D eigenvalue weighted by molar-refractivity contribution is -0.113. The number of nitrogens with two attached hydrogens (primary N) is 1. The maximum absolute atomic E-state index is 11.2. The normalized spacial score (nSPS) is 16.2. The summed E-state index contributed by atoms with van der Waals surface area (Å²) in [4.78, 5) is 12.4. The van der Waals surface area contributed by atoms with Crippen LogP contribution in [0.25, 0.3) is 0 Å². The van der Waals surface area contributed by atoms with E-state index in [0.717, 1.165) is 25.1 Å². The summed E-state index contributed by atoms with van der Waals surface area (Å²) in [7, 11) is 0. The Hall–Kier alpha value is -1.00. The van der Waals surface area contributed by atoms with Crippen LogP contribution in [0.2, 0.25) is 0 Å². The number of rotatable bonds is 4. The SMILES string of the molecule is CC(CN)CCc1ccc2c(c1)SCC(=O)N2. The topological polar surface area (TPSA) is 55.1 Å². The molecule has 1 aliphatic heterocycles. The molecule has 0 aromatic heterocycles. The quantitative estimate of drug-likeness (QED) is 0.862. The lowest BCUT2D eigenvalue weighted by Gasteiger charge is -2.17. The molecule has 92 valence electrons. The van der Waals surface area contributed by atoms with E-state index in [9.17, 15) is 4.79 Å². The van der Waals surface area contributed by atoms with Crippen molar-refractivity contribution in [3.05, 3.63) is 23.8 Å². The molecule has 0 spiro atoms. The molecule has 1 amide bonds. The molecule has 1 unspecified atom stereocenters. The highest BCUT2D eigenvalue weighted by molar-refractivity contribution is 8.00. The van der Waals surface area contributed by atoms with E-state index in [2.05, 4.69) is 24.4 Å². The van der Waals surface area contributed by atoms with Crippen molar-refractivity contribution in [3.8, 4) is 0 Å². The Morgan fingerprint density at radius 3 is 3.12 bits per heavy atom. The van der Waals surface area contributed by atoms with E-state index in [1.807, 2.05) is 6.07 Å². The van der Waals surface area contributed by atoms with Gasteiger partial charge in [-0.2, -0.15) is 0 Å². The molecular weight excluding hydrogens is 232 g/mol. The van der Waals surface area contributed by atoms with Gasteiger partial charge in [0.2, 0.25) is 5.91 Å². The van der Waals surface area contributed by atoms with Crippen molar-refractivity contribution in [2.24, 2.45) is 11.7 Å². The molecule has 1 heterocycles. The Bertz CT molecular complexity index is 420. The first-order valence-electron chi connectivity index (χ1n) is 5.94. The minimum atomic E-state index is 0.0898. The molecular formula is C13H18N2OS. The van der Waals surface area contributed by atoms with Crippen molar-refractivity contribution in [1.82, 2.24) is 0 Å². The standard InChI is InChI=1S/C13H18N2OS/c1-9(7-14)2-3-10-4-5-11-12(6-10)17-8-13(16)15-11/h4-6,9H,2-3,7-8,14H2,1H3,(H,15,16). The van der Waals surface area contributed by atoms with Crippen LogP contribution in [0.15, 0.2) is 23.1 Å². The number of aryl methyl sites for hydroxylation is 1. The van der Waals surface area contributed by atoms with Gasteiger partial charge < -0.3 is 11.1 Å². The van der Waals surface area contributed by atoms with Gasteiger partial charge in [0, 0.05) is 4.90 Å². The van der Waals surface area contributed by atoms with Gasteiger partial charge in [0.25, 0.3) is 0 Å². The molecule has 2 rings (SSSR count). The molecule has 17 heavy (non-hydrogen) atoms. The second-order valence-corrected chi connectivity index (χ2v) is 5.56. The molecule has 1 aromatic rings. The van der Waals surface area contributed by atoms with Crippen LogP contribution in [-0.4, -0.2) is 18.2 Å². The fourth-order valence-electron chi connectivity index (χ4n) is 1.81. The summed E-state index contributed by atoms with van der Waals surface area (Å²) in [5.41, 5.74) is 7.88. The van der Waals surface area contributed by atoms with Crippen LogP contribution in [0, 0.1) is 5.92 Å². The molecule has 3 nitrogen and oxygen atoms in total. The molecule has 0 bridgehead atoms. The van der Waals surface area contributed by atoms with Crippen molar-refractivity contribution in [2.45, 2.75) is 24.7 Å². The second kappa shape index (κ2) is 5.56. The summed E-state index contributed by atoms with van der Waals surface area (Å²) >= 11 is 1.61. The Balaban J connectivity index is 2.04. The molecule has 0 fully saturated rings. The highest BCUT2D eigenvalue weighted by atomic mass is 32.2. The second-order valence-electron chi connectivity index (χ2n) is 4.55. The third kappa shape index (κ3) is 3.23. The number of benzene rings is 1. The van der Waals surface area contributed by atoms with Gasteiger partial charge in [-0.1, -0.05) is 13.0 Å². The van der Waals surface area contributed by atoms with E-state index in [-0.39, 0.29) is 5.91 Å². The number of thioether (sulfide) groups is 1. The lowest BCUT2D eigenvalue weighted by atomic mass is 10.0. The zero-order chi connectivity index (χ0) is 12.3. The highest BCUT2D eigenvalue weighted by Crippen LogP contribution is 2.32. The number of fused-ring (bicyclic) bond motifs is 1. The van der Waals surface area contributed by atoms with E-state index in [4.69, 9.17) is 5.73 Å². The van der Waals surface area contributed by atoms with Crippen molar-refractivity contribution < 1.29 is 4.79 Å². The number of carbonyl (C=O) groups excluding carboxylic acids is 1. The van der Waals surface area contributed by atoms with Crippen molar-refractivity contribution in [3.63, 3.8) is 0 Å². The van der Waals surface area contributed by atoms with E-state index in [0.29, 0.717) is 11.7 Å². The summed E-state index contributed by atoms with van der Waals surface area (Å²) in [5, 5.41) is 2.88. The Morgan fingerprint density at radius 2 is 2.35 bits per heavy atom. The van der Waals surface area contributed by atoms with Crippen LogP contribution in [0.4, 0.5) is 5.69 Å². The number of amides is 1. The van der Waals surface area contributed by atoms with Crippen LogP contribution in [0.5, 0.6) is 0 Å². The average Bonchev–Trinajstić information content (AvgIpc) is 2.35. The van der Waals surface area contributed by atoms with E-state index < -0.39 is 0 Å². The number of hydrogen-bond donors (Lipinski definition) is 2. The number of nitrogens with one attached hydrogen (secondary N) is 1. The van der Waals surface area contributed by atoms with Gasteiger partial charge in [0.05, 0.1) is 11.4 Å². The summed E-state index contributed by atoms with van der Waals surface area (Å²) in [6, 6.07) is 6.28. The molecule has 1 aliphatic rings. The van der Waals surface area contributed by atoms with Gasteiger partial charge in [-0.15, -0.1) is 11.8 Å². The van der Waals surface area contributed by atoms with Crippen LogP contribution < -0.4 is 11.1 Å². The predicted octanol–water partition coefficient (Wildman–Crippen LogP) is 2.26. The van der Waals surface area contributed by atoms with E-state index >= 15 is 0 Å².